The highest BCUT2D eigenvalue weighted by Gasteiger charge is 2.19. The fourth-order valence-corrected chi connectivity index (χ4v) is 1.71. The van der Waals surface area contributed by atoms with E-state index in [-0.39, 0.29) is 35.8 Å². The Balaban J connectivity index is 3.12. The van der Waals surface area contributed by atoms with Crippen molar-refractivity contribution in [3.05, 3.63) is 17.7 Å². The lowest BCUT2D eigenvalue weighted by atomic mass is 10.1. The number of nitrogens with one attached hydrogen (secondary N) is 1. The molecule has 3 N–H and O–H groups in total. The Labute approximate surface area is 129 Å². The van der Waals surface area contributed by atoms with Gasteiger partial charge in [-0.25, -0.2) is 0 Å². The van der Waals surface area contributed by atoms with Gasteiger partial charge in [-0.2, -0.15) is 0 Å². The molecule has 0 bridgehead atoms. The fraction of sp³-hybridized carbons (Fsp3) is 0.467. The third-order valence-electron chi connectivity index (χ3n) is 3.07. The number of methoxy groups -OCH3 is 2. The molecule has 0 unspecified atom stereocenters. The first-order chi connectivity index (χ1) is 10.4. The Bertz CT molecular complexity index is 520. The minimum absolute atomic E-state index is 0.0512. The zero-order valence-electron chi connectivity index (χ0n) is 13.3. The number of ether oxygens (including phenoxy) is 3. The minimum Gasteiger partial charge on any atom is -0.493 e. The van der Waals surface area contributed by atoms with E-state index in [4.69, 9.17) is 19.9 Å². The molecule has 0 aliphatic rings. The van der Waals surface area contributed by atoms with Crippen LogP contribution in [0.3, 0.4) is 0 Å². The van der Waals surface area contributed by atoms with Crippen LogP contribution in [0.5, 0.6) is 17.2 Å². The van der Waals surface area contributed by atoms with Gasteiger partial charge in [-0.1, -0.05) is 6.92 Å². The molecule has 122 valence electrons. The van der Waals surface area contributed by atoms with Crippen molar-refractivity contribution in [2.24, 2.45) is 5.73 Å². The lowest BCUT2D eigenvalue weighted by Gasteiger charge is -2.16. The molecule has 1 aromatic carbocycles. The summed E-state index contributed by atoms with van der Waals surface area (Å²) in [6, 6.07) is 3.10. The van der Waals surface area contributed by atoms with Crippen molar-refractivity contribution in [2.75, 3.05) is 20.8 Å². The first-order valence-corrected chi connectivity index (χ1v) is 6.90. The molecule has 0 saturated carbocycles. The summed E-state index contributed by atoms with van der Waals surface area (Å²) < 4.78 is 15.7. The van der Waals surface area contributed by atoms with Crippen LogP contribution in [0.2, 0.25) is 0 Å². The number of hydrogen-bond acceptors (Lipinski definition) is 5. The molecular formula is C15H22N2O5. The van der Waals surface area contributed by atoms with Crippen molar-refractivity contribution in [1.82, 2.24) is 5.32 Å². The summed E-state index contributed by atoms with van der Waals surface area (Å²) in [5, 5.41) is 2.85. The largest absolute Gasteiger partial charge is 0.493 e. The van der Waals surface area contributed by atoms with Crippen molar-refractivity contribution >= 4 is 11.8 Å². The van der Waals surface area contributed by atoms with Crippen LogP contribution < -0.4 is 25.3 Å². The maximum Gasteiger partial charge on any atom is 0.255 e. The predicted octanol–water partition coefficient (Wildman–Crippen LogP) is 1.10. The van der Waals surface area contributed by atoms with E-state index in [1.54, 1.807) is 0 Å². The quantitative estimate of drug-likeness (QED) is 0.749. The number of primary amides is 1. The number of carbonyl (C=O) groups excluding carboxylic acids is 2. The average molecular weight is 310 g/mol. The predicted molar refractivity (Wildman–Crippen MR) is 81.5 cm³/mol. The second kappa shape index (κ2) is 8.11. The molecule has 0 aromatic heterocycles. The monoisotopic (exact) mass is 310 g/mol. The third kappa shape index (κ3) is 4.54. The molecule has 0 heterocycles. The molecule has 0 aliphatic carbocycles. The van der Waals surface area contributed by atoms with Gasteiger partial charge in [0.1, 0.15) is 0 Å². The van der Waals surface area contributed by atoms with Gasteiger partial charge in [-0.05, 0) is 25.5 Å². The number of rotatable bonds is 8. The smallest absolute Gasteiger partial charge is 0.255 e. The molecule has 22 heavy (non-hydrogen) atoms. The summed E-state index contributed by atoms with van der Waals surface area (Å²) in [5.74, 6) is -0.0659. The highest BCUT2D eigenvalue weighted by atomic mass is 16.5. The lowest BCUT2D eigenvalue weighted by Crippen LogP contribution is -2.32. The highest BCUT2D eigenvalue weighted by molar-refractivity contribution is 5.95. The van der Waals surface area contributed by atoms with Gasteiger partial charge in [0.05, 0.1) is 14.2 Å². The van der Waals surface area contributed by atoms with Gasteiger partial charge in [0.25, 0.3) is 11.8 Å². The van der Waals surface area contributed by atoms with Gasteiger partial charge in [-0.15, -0.1) is 0 Å². The Morgan fingerprint density at radius 2 is 1.77 bits per heavy atom. The van der Waals surface area contributed by atoms with E-state index in [1.165, 1.54) is 26.4 Å². The summed E-state index contributed by atoms with van der Waals surface area (Å²) in [6.45, 7) is 3.58. The van der Waals surface area contributed by atoms with Crippen LogP contribution in [0.15, 0.2) is 12.1 Å². The van der Waals surface area contributed by atoms with Gasteiger partial charge in [0.15, 0.2) is 18.1 Å². The Morgan fingerprint density at radius 1 is 1.23 bits per heavy atom. The van der Waals surface area contributed by atoms with Crippen LogP contribution >= 0.6 is 0 Å². The molecule has 0 fully saturated rings. The number of benzene rings is 1. The molecule has 7 nitrogen and oxygen atoms in total. The van der Waals surface area contributed by atoms with Crippen LogP contribution in [0.25, 0.3) is 0 Å². The van der Waals surface area contributed by atoms with Crippen LogP contribution in [0.4, 0.5) is 0 Å². The average Bonchev–Trinajstić information content (AvgIpc) is 2.51. The van der Waals surface area contributed by atoms with Gasteiger partial charge < -0.3 is 25.3 Å². The SMILES string of the molecule is CC[C@H](C)NC(=O)c1cc(OC)c(OCC(N)=O)c(OC)c1. The van der Waals surface area contributed by atoms with E-state index in [9.17, 15) is 9.59 Å². The van der Waals surface area contributed by atoms with Gasteiger partial charge in [-0.3, -0.25) is 9.59 Å². The first-order valence-electron chi connectivity index (χ1n) is 6.90. The summed E-state index contributed by atoms with van der Waals surface area (Å²) >= 11 is 0. The van der Waals surface area contributed by atoms with Gasteiger partial charge >= 0.3 is 0 Å². The van der Waals surface area contributed by atoms with Gasteiger partial charge in [0, 0.05) is 11.6 Å². The van der Waals surface area contributed by atoms with E-state index in [2.05, 4.69) is 5.32 Å². The van der Waals surface area contributed by atoms with E-state index in [0.29, 0.717) is 5.56 Å². The summed E-state index contributed by atoms with van der Waals surface area (Å²) in [6.07, 6.45) is 0.819. The van der Waals surface area contributed by atoms with Crippen molar-refractivity contribution in [1.29, 1.82) is 0 Å². The summed E-state index contributed by atoms with van der Waals surface area (Å²) in [4.78, 5) is 23.0. The third-order valence-corrected chi connectivity index (χ3v) is 3.07. The molecular weight excluding hydrogens is 288 g/mol. The molecule has 0 spiro atoms. The summed E-state index contributed by atoms with van der Waals surface area (Å²) in [7, 11) is 2.87. The molecule has 7 heteroatoms. The van der Waals surface area contributed by atoms with Crippen molar-refractivity contribution in [3.63, 3.8) is 0 Å². The zero-order valence-corrected chi connectivity index (χ0v) is 13.3. The molecule has 1 atom stereocenters. The van der Waals surface area contributed by atoms with Crippen LogP contribution in [0.1, 0.15) is 30.6 Å². The normalized spacial score (nSPS) is 11.5. The second-order valence-electron chi connectivity index (χ2n) is 4.75. The highest BCUT2D eigenvalue weighted by Crippen LogP contribution is 2.38. The van der Waals surface area contributed by atoms with E-state index >= 15 is 0 Å². The van der Waals surface area contributed by atoms with E-state index in [1.807, 2.05) is 13.8 Å². The van der Waals surface area contributed by atoms with Gasteiger partial charge in [0.2, 0.25) is 5.75 Å². The zero-order chi connectivity index (χ0) is 16.7. The molecule has 1 rings (SSSR count). The number of hydrogen-bond donors (Lipinski definition) is 2. The molecule has 0 saturated heterocycles. The van der Waals surface area contributed by atoms with Crippen LogP contribution in [0, 0.1) is 0 Å². The Morgan fingerprint density at radius 3 is 2.18 bits per heavy atom. The maximum atomic E-state index is 12.2. The second-order valence-corrected chi connectivity index (χ2v) is 4.75. The Kier molecular flexibility index (Phi) is 6.49. The summed E-state index contributed by atoms with van der Waals surface area (Å²) in [5.41, 5.74) is 5.44. The molecule has 0 radical (unpaired) electrons. The molecule has 1 aromatic rings. The molecule has 2 amide bonds. The van der Waals surface area contributed by atoms with Crippen molar-refractivity contribution in [2.45, 2.75) is 26.3 Å². The topological polar surface area (TPSA) is 99.9 Å². The number of amides is 2. The number of carbonyl (C=O) groups is 2. The Hall–Kier alpha value is -2.44. The van der Waals surface area contributed by atoms with Crippen molar-refractivity contribution in [3.8, 4) is 17.2 Å². The van der Waals surface area contributed by atoms with Crippen LogP contribution in [-0.2, 0) is 4.79 Å². The lowest BCUT2D eigenvalue weighted by molar-refractivity contribution is -0.120. The fourth-order valence-electron chi connectivity index (χ4n) is 1.71. The first kappa shape index (κ1) is 17.6. The number of nitrogens with two attached hydrogens (primary N) is 1. The van der Waals surface area contributed by atoms with Crippen LogP contribution in [-0.4, -0.2) is 38.7 Å². The van der Waals surface area contributed by atoms with E-state index < -0.39 is 5.91 Å². The molecule has 0 aliphatic heterocycles. The minimum atomic E-state index is -0.623. The van der Waals surface area contributed by atoms with Crippen molar-refractivity contribution < 1.29 is 23.8 Å². The standard InChI is InChI=1S/C15H22N2O5/c1-5-9(2)17-15(19)10-6-11(20-3)14(12(7-10)21-4)22-8-13(16)18/h6-7,9H,5,8H2,1-4H3,(H2,16,18)(H,17,19)/t9-/m0/s1. The maximum absolute atomic E-state index is 12.2. The van der Waals surface area contributed by atoms with E-state index in [0.717, 1.165) is 6.42 Å².